The Hall–Kier alpha value is -5.37. The normalized spacial score (nSPS) is 16.4. The third-order valence-electron chi connectivity index (χ3n) is 7.25. The summed E-state index contributed by atoms with van der Waals surface area (Å²) in [5, 5.41) is 9.79. The van der Waals surface area contributed by atoms with Crippen molar-refractivity contribution in [1.82, 2.24) is 24.6 Å². The Morgan fingerprint density at radius 1 is 1.05 bits per heavy atom. The number of halogens is 3. The first kappa shape index (κ1) is 28.7. The van der Waals surface area contributed by atoms with Gasteiger partial charge in [0.2, 0.25) is 17.8 Å². The van der Waals surface area contributed by atoms with E-state index in [1.807, 2.05) is 0 Å². The molecule has 224 valence electrons. The number of anilines is 2. The van der Waals surface area contributed by atoms with Crippen molar-refractivity contribution in [2.24, 2.45) is 5.73 Å². The van der Waals surface area contributed by atoms with Crippen molar-refractivity contribution in [2.75, 3.05) is 17.2 Å². The molecule has 4 amide bonds. The minimum Gasteiger partial charge on any atom is -0.364 e. The molecule has 0 radical (unpaired) electrons. The van der Waals surface area contributed by atoms with Gasteiger partial charge in [-0.2, -0.15) is 5.10 Å². The summed E-state index contributed by atoms with van der Waals surface area (Å²) < 4.78 is 31.2. The number of nitrogens with zero attached hydrogens (tertiary/aromatic N) is 4. The topological polar surface area (TPSA) is 168 Å². The number of carbonyl (C=O) groups is 4. The summed E-state index contributed by atoms with van der Waals surface area (Å²) in [6, 6.07) is 14.2. The van der Waals surface area contributed by atoms with Gasteiger partial charge in [0.15, 0.2) is 11.5 Å². The molecule has 6 rings (SSSR count). The molecule has 1 aliphatic heterocycles. The van der Waals surface area contributed by atoms with Crippen molar-refractivity contribution in [3.05, 3.63) is 82.8 Å². The highest BCUT2D eigenvalue weighted by Crippen LogP contribution is 2.27. The Balaban J connectivity index is 1.18. The van der Waals surface area contributed by atoms with E-state index in [2.05, 4.69) is 25.7 Å². The molecule has 0 saturated carbocycles. The monoisotopic (exact) mass is 620 g/mol. The fraction of sp³-hybridized carbons (Fsp3) is 0.172. The van der Waals surface area contributed by atoms with Crippen LogP contribution in [-0.2, 0) is 16.1 Å². The van der Waals surface area contributed by atoms with Crippen LogP contribution in [0.15, 0.2) is 60.7 Å². The van der Waals surface area contributed by atoms with Crippen LogP contribution in [-0.4, -0.2) is 67.0 Å². The zero-order chi connectivity index (χ0) is 31.1. The fourth-order valence-corrected chi connectivity index (χ4v) is 5.43. The van der Waals surface area contributed by atoms with Crippen LogP contribution < -0.4 is 16.4 Å². The van der Waals surface area contributed by atoms with E-state index in [-0.39, 0.29) is 30.3 Å². The van der Waals surface area contributed by atoms with Crippen molar-refractivity contribution in [3.63, 3.8) is 0 Å². The Morgan fingerprint density at radius 2 is 1.82 bits per heavy atom. The summed E-state index contributed by atoms with van der Waals surface area (Å²) in [6.07, 6.45) is -1.83. The maximum absolute atomic E-state index is 15.4. The van der Waals surface area contributed by atoms with Crippen molar-refractivity contribution in [3.8, 4) is 0 Å². The van der Waals surface area contributed by atoms with Crippen molar-refractivity contribution >= 4 is 68.8 Å². The summed E-state index contributed by atoms with van der Waals surface area (Å²) >= 11 is 6.12. The van der Waals surface area contributed by atoms with Gasteiger partial charge < -0.3 is 20.9 Å². The van der Waals surface area contributed by atoms with Crippen LogP contribution in [0.5, 0.6) is 0 Å². The molecule has 0 spiro atoms. The lowest BCUT2D eigenvalue weighted by molar-refractivity contribution is -0.137. The molecule has 5 N–H and O–H groups in total. The summed E-state index contributed by atoms with van der Waals surface area (Å²) in [5.74, 6) is -4.12. The Kier molecular flexibility index (Phi) is 7.43. The van der Waals surface area contributed by atoms with E-state index in [0.29, 0.717) is 27.0 Å². The zero-order valence-electron chi connectivity index (χ0n) is 22.7. The molecule has 2 atom stereocenters. The van der Waals surface area contributed by atoms with Crippen LogP contribution in [0.4, 0.5) is 20.4 Å². The smallest absolute Gasteiger partial charge is 0.269 e. The predicted octanol–water partition coefficient (Wildman–Crippen LogP) is 3.63. The first-order chi connectivity index (χ1) is 21.1. The number of imidazole rings is 1. The lowest BCUT2D eigenvalue weighted by Gasteiger charge is -2.24. The molecule has 0 unspecified atom stereocenters. The van der Waals surface area contributed by atoms with Crippen LogP contribution in [0.3, 0.4) is 0 Å². The number of aromatic amines is 1. The minimum atomic E-state index is -1.51. The van der Waals surface area contributed by atoms with E-state index in [4.69, 9.17) is 17.3 Å². The number of H-pyrrole nitrogens is 1. The highest BCUT2D eigenvalue weighted by molar-refractivity contribution is 6.35. The second-order valence-corrected chi connectivity index (χ2v) is 10.5. The summed E-state index contributed by atoms with van der Waals surface area (Å²) in [4.78, 5) is 59.4. The predicted molar refractivity (Wildman–Crippen MR) is 157 cm³/mol. The standard InChI is InChI=1S/C29H23ClF2N8O4/c30-17-7-4-9-19-25(17)36-29(35-19)37-27(43)16-6-3-8-18(23(16)32)34-28(44)21-11-14(31)12-39(21)22(41)13-40-20-10-2-1-5-15(20)24(38-40)26(33)42/h1-10,14,21H,11-13H2,(H2,33,42)(H,34,44)(H2,35,36,37,43)/t14-,21+/m1/s1. The lowest BCUT2D eigenvalue weighted by Crippen LogP contribution is -2.44. The van der Waals surface area contributed by atoms with Crippen molar-refractivity contribution in [2.45, 2.75) is 25.2 Å². The lowest BCUT2D eigenvalue weighted by atomic mass is 10.1. The number of nitrogens with two attached hydrogens (primary N) is 1. The molecule has 1 saturated heterocycles. The van der Waals surface area contributed by atoms with Crippen LogP contribution in [0, 0.1) is 5.82 Å². The quantitative estimate of drug-likeness (QED) is 0.217. The Bertz CT molecular complexity index is 1980. The van der Waals surface area contributed by atoms with E-state index < -0.39 is 53.8 Å². The van der Waals surface area contributed by atoms with Gasteiger partial charge in [0.1, 0.15) is 24.3 Å². The fourth-order valence-electron chi connectivity index (χ4n) is 5.21. The van der Waals surface area contributed by atoms with Crippen LogP contribution in [0.25, 0.3) is 21.9 Å². The molecule has 15 heteroatoms. The van der Waals surface area contributed by atoms with Gasteiger partial charge in [-0.3, -0.25) is 29.2 Å². The second kappa shape index (κ2) is 11.4. The van der Waals surface area contributed by atoms with Gasteiger partial charge in [-0.1, -0.05) is 41.9 Å². The van der Waals surface area contributed by atoms with Gasteiger partial charge >= 0.3 is 0 Å². The average molecular weight is 621 g/mol. The van der Waals surface area contributed by atoms with Crippen molar-refractivity contribution < 1.29 is 28.0 Å². The maximum atomic E-state index is 15.4. The van der Waals surface area contributed by atoms with E-state index in [1.54, 1.807) is 42.5 Å². The van der Waals surface area contributed by atoms with Gasteiger partial charge in [-0.25, -0.2) is 13.8 Å². The number of para-hydroxylation sites is 2. The van der Waals surface area contributed by atoms with Crippen molar-refractivity contribution in [1.29, 1.82) is 0 Å². The third-order valence-corrected chi connectivity index (χ3v) is 7.55. The SMILES string of the molecule is NC(=O)c1nn(CC(=O)N2C[C@H](F)C[C@H]2C(=O)Nc2cccc(C(=O)Nc3nc4c(Cl)cccc4[nH]3)c2F)c2ccccc12. The van der Waals surface area contributed by atoms with E-state index in [9.17, 15) is 23.6 Å². The number of primary amides is 1. The van der Waals surface area contributed by atoms with Crippen LogP contribution in [0.2, 0.25) is 5.02 Å². The molecular formula is C29H23ClF2N8O4. The minimum absolute atomic E-state index is 0.0315. The number of likely N-dealkylation sites (tertiary alicyclic amines) is 1. The molecule has 5 aromatic rings. The average Bonchev–Trinajstić information content (AvgIpc) is 3.70. The highest BCUT2D eigenvalue weighted by atomic mass is 35.5. The first-order valence-corrected chi connectivity index (χ1v) is 13.7. The number of nitrogens with one attached hydrogen (secondary N) is 3. The van der Waals surface area contributed by atoms with Gasteiger partial charge in [-0.15, -0.1) is 0 Å². The number of fused-ring (bicyclic) bond motifs is 2. The summed E-state index contributed by atoms with van der Waals surface area (Å²) in [6.45, 7) is -0.771. The van der Waals surface area contributed by atoms with Gasteiger partial charge in [0, 0.05) is 11.8 Å². The van der Waals surface area contributed by atoms with Crippen LogP contribution >= 0.6 is 11.6 Å². The maximum Gasteiger partial charge on any atom is 0.269 e. The number of hydrogen-bond acceptors (Lipinski definition) is 6. The number of carbonyl (C=O) groups excluding carboxylic acids is 4. The molecule has 3 aromatic carbocycles. The molecule has 12 nitrogen and oxygen atoms in total. The molecule has 0 aliphatic carbocycles. The number of rotatable bonds is 7. The van der Waals surface area contributed by atoms with E-state index in [1.165, 1.54) is 22.9 Å². The molecule has 1 fully saturated rings. The second-order valence-electron chi connectivity index (χ2n) is 10.1. The molecular weight excluding hydrogens is 598 g/mol. The molecule has 44 heavy (non-hydrogen) atoms. The Labute approximate surface area is 252 Å². The first-order valence-electron chi connectivity index (χ1n) is 13.3. The van der Waals surface area contributed by atoms with E-state index in [0.717, 1.165) is 4.90 Å². The van der Waals surface area contributed by atoms with Gasteiger partial charge in [0.05, 0.1) is 33.9 Å². The molecule has 1 aliphatic rings. The number of benzene rings is 3. The van der Waals surface area contributed by atoms with Gasteiger partial charge in [-0.05, 0) is 30.3 Å². The highest BCUT2D eigenvalue weighted by Gasteiger charge is 2.40. The molecule has 2 aromatic heterocycles. The van der Waals surface area contributed by atoms with Gasteiger partial charge in [0.25, 0.3) is 11.8 Å². The molecule has 0 bridgehead atoms. The molecule has 3 heterocycles. The van der Waals surface area contributed by atoms with E-state index >= 15 is 4.39 Å². The third kappa shape index (κ3) is 5.30. The number of amides is 4. The number of hydrogen-bond donors (Lipinski definition) is 4. The number of alkyl halides is 1. The largest absolute Gasteiger partial charge is 0.364 e. The number of aromatic nitrogens is 4. The summed E-state index contributed by atoms with van der Waals surface area (Å²) in [5.41, 5.74) is 6.09. The Morgan fingerprint density at radius 3 is 2.59 bits per heavy atom. The zero-order valence-corrected chi connectivity index (χ0v) is 23.4. The summed E-state index contributed by atoms with van der Waals surface area (Å²) in [7, 11) is 0. The van der Waals surface area contributed by atoms with Crippen LogP contribution in [0.1, 0.15) is 27.3 Å².